The minimum atomic E-state index is -2.85. The molecule has 7 heteroatoms. The maximum absolute atomic E-state index is 11.7. The number of aromatic nitrogens is 2. The Bertz CT molecular complexity index is 568. The van der Waals surface area contributed by atoms with Gasteiger partial charge in [-0.2, -0.15) is 5.10 Å². The molecule has 1 aliphatic heterocycles. The maximum atomic E-state index is 11.7. The van der Waals surface area contributed by atoms with Crippen molar-refractivity contribution in [2.24, 2.45) is 0 Å². The molecule has 2 rings (SSSR count). The van der Waals surface area contributed by atoms with Gasteiger partial charge in [0.2, 0.25) is 0 Å². The van der Waals surface area contributed by atoms with Gasteiger partial charge in [0.15, 0.2) is 9.84 Å². The van der Waals surface area contributed by atoms with E-state index in [9.17, 15) is 8.42 Å². The lowest BCUT2D eigenvalue weighted by atomic mass is 10.3. The van der Waals surface area contributed by atoms with E-state index in [0.29, 0.717) is 12.3 Å². The molecule has 0 aliphatic carbocycles. The van der Waals surface area contributed by atoms with Gasteiger partial charge in [-0.1, -0.05) is 6.92 Å². The summed E-state index contributed by atoms with van der Waals surface area (Å²) in [6, 6.07) is 0. The Morgan fingerprint density at radius 3 is 2.65 bits per heavy atom. The van der Waals surface area contributed by atoms with Crippen LogP contribution in [-0.4, -0.2) is 47.7 Å². The van der Waals surface area contributed by atoms with E-state index in [1.807, 2.05) is 4.68 Å². The zero-order valence-electron chi connectivity index (χ0n) is 12.1. The summed E-state index contributed by atoms with van der Waals surface area (Å²) >= 11 is 3.64. The quantitative estimate of drug-likeness (QED) is 0.818. The zero-order chi connectivity index (χ0) is 14.8. The first-order valence-electron chi connectivity index (χ1n) is 7.13. The van der Waals surface area contributed by atoms with Gasteiger partial charge >= 0.3 is 0 Å². The van der Waals surface area contributed by atoms with Gasteiger partial charge in [-0.3, -0.25) is 9.58 Å². The van der Waals surface area contributed by atoms with Crippen molar-refractivity contribution in [3.05, 3.63) is 15.9 Å². The predicted molar refractivity (Wildman–Crippen MR) is 83.5 cm³/mol. The molecule has 1 aromatic rings. The van der Waals surface area contributed by atoms with Crippen LogP contribution in [0.25, 0.3) is 0 Å². The Labute approximate surface area is 129 Å². The first-order chi connectivity index (χ1) is 9.46. The number of sulfone groups is 1. The summed E-state index contributed by atoms with van der Waals surface area (Å²) in [6.07, 6.45) is 1.62. The second kappa shape index (κ2) is 6.58. The van der Waals surface area contributed by atoms with Crippen molar-refractivity contribution < 1.29 is 8.42 Å². The van der Waals surface area contributed by atoms with Gasteiger partial charge in [-0.05, 0) is 42.2 Å². The van der Waals surface area contributed by atoms with E-state index in [1.54, 1.807) is 0 Å². The predicted octanol–water partition coefficient (Wildman–Crippen LogP) is 1.85. The molecule has 0 bridgehead atoms. The van der Waals surface area contributed by atoms with Crippen molar-refractivity contribution in [1.29, 1.82) is 0 Å². The van der Waals surface area contributed by atoms with Gasteiger partial charge in [-0.25, -0.2) is 8.42 Å². The van der Waals surface area contributed by atoms with Gasteiger partial charge in [0.25, 0.3) is 0 Å². The highest BCUT2D eigenvalue weighted by molar-refractivity contribution is 9.10. The van der Waals surface area contributed by atoms with Crippen molar-refractivity contribution in [3.8, 4) is 0 Å². The van der Waals surface area contributed by atoms with Crippen LogP contribution in [0.4, 0.5) is 0 Å². The molecule has 5 nitrogen and oxygen atoms in total. The average Bonchev–Trinajstić information content (AvgIpc) is 2.60. The fourth-order valence-corrected chi connectivity index (χ4v) is 4.53. The molecule has 0 radical (unpaired) electrons. The number of hydrogen-bond acceptors (Lipinski definition) is 4. The first-order valence-corrected chi connectivity index (χ1v) is 9.75. The number of hydrogen-bond donors (Lipinski definition) is 0. The van der Waals surface area contributed by atoms with Crippen LogP contribution in [0.5, 0.6) is 0 Å². The average molecular weight is 364 g/mol. The smallest absolute Gasteiger partial charge is 0.151 e. The third-order valence-corrected chi connectivity index (χ3v) is 6.35. The van der Waals surface area contributed by atoms with Crippen molar-refractivity contribution in [1.82, 2.24) is 14.7 Å². The van der Waals surface area contributed by atoms with E-state index in [2.05, 4.69) is 39.8 Å². The molecule has 114 valence electrons. The van der Waals surface area contributed by atoms with Crippen LogP contribution in [0.2, 0.25) is 0 Å². The Balaban J connectivity index is 2.15. The lowest BCUT2D eigenvalue weighted by molar-refractivity contribution is 0.277. The lowest BCUT2D eigenvalue weighted by Gasteiger charge is -2.19. The molecule has 0 unspecified atom stereocenters. The number of halogens is 1. The standard InChI is InChI=1S/C13H22BrN3O2S/c1-3-11-13(14)12(17(4-2)15-11)10-16-6-5-8-20(18,19)9-7-16/h3-10H2,1-2H3. The van der Waals surface area contributed by atoms with Crippen LogP contribution in [0.3, 0.4) is 0 Å². The highest BCUT2D eigenvalue weighted by atomic mass is 79.9. The van der Waals surface area contributed by atoms with Gasteiger partial charge in [0.1, 0.15) is 0 Å². The van der Waals surface area contributed by atoms with Crippen molar-refractivity contribution in [2.75, 3.05) is 24.6 Å². The summed E-state index contributed by atoms with van der Waals surface area (Å²) in [7, 11) is -2.85. The SMILES string of the molecule is CCc1nn(CC)c(CN2CCCS(=O)(=O)CC2)c1Br. The van der Waals surface area contributed by atoms with Crippen LogP contribution in [-0.2, 0) is 29.3 Å². The molecular weight excluding hydrogens is 342 g/mol. The Kier molecular flexibility index (Phi) is 5.25. The van der Waals surface area contributed by atoms with Crippen LogP contribution in [0, 0.1) is 0 Å². The van der Waals surface area contributed by atoms with Crippen molar-refractivity contribution in [3.63, 3.8) is 0 Å². The molecule has 0 saturated carbocycles. The second-order valence-electron chi connectivity index (χ2n) is 5.16. The van der Waals surface area contributed by atoms with Crippen LogP contribution >= 0.6 is 15.9 Å². The summed E-state index contributed by atoms with van der Waals surface area (Å²) in [4.78, 5) is 2.22. The molecule has 0 N–H and O–H groups in total. The number of nitrogens with zero attached hydrogens (tertiary/aromatic N) is 3. The van der Waals surface area contributed by atoms with Gasteiger partial charge in [0, 0.05) is 19.6 Å². The van der Waals surface area contributed by atoms with Gasteiger partial charge in [0.05, 0.1) is 27.4 Å². The third kappa shape index (κ3) is 3.62. The minimum Gasteiger partial charge on any atom is -0.296 e. The van der Waals surface area contributed by atoms with Crippen LogP contribution in [0.15, 0.2) is 4.47 Å². The fourth-order valence-electron chi connectivity index (χ4n) is 2.53. The second-order valence-corrected chi connectivity index (χ2v) is 8.25. The molecule has 1 aromatic heterocycles. The molecule has 20 heavy (non-hydrogen) atoms. The molecular formula is C13H22BrN3O2S. The van der Waals surface area contributed by atoms with Crippen molar-refractivity contribution >= 4 is 25.8 Å². The number of aryl methyl sites for hydroxylation is 2. The van der Waals surface area contributed by atoms with E-state index in [4.69, 9.17) is 0 Å². The summed E-state index contributed by atoms with van der Waals surface area (Å²) in [5.74, 6) is 0.587. The lowest BCUT2D eigenvalue weighted by Crippen LogP contribution is -2.28. The molecule has 0 atom stereocenters. The first kappa shape index (κ1) is 16.0. The Morgan fingerprint density at radius 1 is 1.25 bits per heavy atom. The normalized spacial score (nSPS) is 19.9. The molecule has 0 amide bonds. The highest BCUT2D eigenvalue weighted by Crippen LogP contribution is 2.24. The summed E-state index contributed by atoms with van der Waals surface area (Å²) in [6.45, 7) is 7.22. The van der Waals surface area contributed by atoms with Gasteiger partial charge in [-0.15, -0.1) is 0 Å². The summed E-state index contributed by atoms with van der Waals surface area (Å²) in [5.41, 5.74) is 2.23. The van der Waals surface area contributed by atoms with Gasteiger partial charge < -0.3 is 0 Å². The molecule has 0 aromatic carbocycles. The Morgan fingerprint density at radius 2 is 2.00 bits per heavy atom. The maximum Gasteiger partial charge on any atom is 0.151 e. The molecule has 1 aliphatic rings. The molecule has 2 heterocycles. The van der Waals surface area contributed by atoms with E-state index in [0.717, 1.165) is 48.3 Å². The topological polar surface area (TPSA) is 55.2 Å². The largest absolute Gasteiger partial charge is 0.296 e. The van der Waals surface area contributed by atoms with E-state index < -0.39 is 9.84 Å². The fraction of sp³-hybridized carbons (Fsp3) is 0.769. The van der Waals surface area contributed by atoms with E-state index in [1.165, 1.54) is 0 Å². The van der Waals surface area contributed by atoms with Crippen LogP contribution < -0.4 is 0 Å². The van der Waals surface area contributed by atoms with Crippen LogP contribution in [0.1, 0.15) is 31.7 Å². The minimum absolute atomic E-state index is 0.269. The molecule has 1 fully saturated rings. The van der Waals surface area contributed by atoms with Crippen molar-refractivity contribution in [2.45, 2.75) is 39.8 Å². The number of rotatable bonds is 4. The summed E-state index contributed by atoms with van der Waals surface area (Å²) in [5, 5.41) is 4.59. The van der Waals surface area contributed by atoms with E-state index >= 15 is 0 Å². The molecule has 0 spiro atoms. The third-order valence-electron chi connectivity index (χ3n) is 3.72. The molecule has 1 saturated heterocycles. The van der Waals surface area contributed by atoms with E-state index in [-0.39, 0.29) is 5.75 Å². The summed E-state index contributed by atoms with van der Waals surface area (Å²) < 4.78 is 26.4. The Hall–Kier alpha value is -0.400. The monoisotopic (exact) mass is 363 g/mol. The highest BCUT2D eigenvalue weighted by Gasteiger charge is 2.22. The zero-order valence-corrected chi connectivity index (χ0v) is 14.5.